The van der Waals surface area contributed by atoms with Gasteiger partial charge in [0.05, 0.1) is 12.2 Å². The van der Waals surface area contributed by atoms with Crippen LogP contribution in [0.2, 0.25) is 5.02 Å². The number of rotatable bonds is 6. The fourth-order valence-corrected chi connectivity index (χ4v) is 1.96. The number of halogens is 1. The van der Waals surface area contributed by atoms with Gasteiger partial charge in [0.2, 0.25) is 0 Å². The predicted octanol–water partition coefficient (Wildman–Crippen LogP) is 1.53. The summed E-state index contributed by atoms with van der Waals surface area (Å²) in [5.74, 6) is 6.27. The summed E-state index contributed by atoms with van der Waals surface area (Å²) >= 11 is 5.90. The number of benzene rings is 1. The molecule has 1 unspecified atom stereocenters. The van der Waals surface area contributed by atoms with Crippen molar-refractivity contribution in [2.75, 3.05) is 6.61 Å². The summed E-state index contributed by atoms with van der Waals surface area (Å²) in [5, 5.41) is 4.78. The van der Waals surface area contributed by atoms with E-state index in [0.29, 0.717) is 11.6 Å². The van der Waals surface area contributed by atoms with Crippen LogP contribution in [-0.2, 0) is 13.5 Å². The number of aryl methyl sites for hydroxylation is 1. The molecule has 19 heavy (non-hydrogen) atoms. The van der Waals surface area contributed by atoms with E-state index in [1.165, 1.54) is 0 Å². The second kappa shape index (κ2) is 6.56. The minimum atomic E-state index is 0.0168. The van der Waals surface area contributed by atoms with E-state index in [4.69, 9.17) is 22.2 Å². The predicted molar refractivity (Wildman–Crippen MR) is 75.0 cm³/mol. The van der Waals surface area contributed by atoms with Crippen molar-refractivity contribution >= 4 is 11.6 Å². The van der Waals surface area contributed by atoms with E-state index in [0.717, 1.165) is 17.7 Å². The quantitative estimate of drug-likeness (QED) is 0.622. The van der Waals surface area contributed by atoms with Gasteiger partial charge in [-0.05, 0) is 30.2 Å². The fourth-order valence-electron chi connectivity index (χ4n) is 1.78. The lowest BCUT2D eigenvalue weighted by molar-refractivity contribution is 0.264. The average molecular weight is 281 g/mol. The Labute approximate surface area is 117 Å². The zero-order valence-corrected chi connectivity index (χ0v) is 11.5. The lowest BCUT2D eigenvalue weighted by Gasteiger charge is -2.16. The molecule has 1 aromatic carbocycles. The first kappa shape index (κ1) is 13.9. The van der Waals surface area contributed by atoms with E-state index in [9.17, 15) is 0 Å². The van der Waals surface area contributed by atoms with Crippen molar-refractivity contribution in [1.29, 1.82) is 0 Å². The Morgan fingerprint density at radius 2 is 2.37 bits per heavy atom. The van der Waals surface area contributed by atoms with Gasteiger partial charge in [-0.25, -0.2) is 0 Å². The maximum Gasteiger partial charge on any atom is 0.120 e. The molecule has 1 aromatic heterocycles. The molecule has 1 atom stereocenters. The molecule has 0 radical (unpaired) electrons. The third-order valence-electron chi connectivity index (χ3n) is 2.72. The van der Waals surface area contributed by atoms with Crippen LogP contribution in [0.1, 0.15) is 5.56 Å². The largest absolute Gasteiger partial charge is 0.492 e. The summed E-state index contributed by atoms with van der Waals surface area (Å²) in [6.45, 7) is 0.464. The van der Waals surface area contributed by atoms with Crippen LogP contribution in [0.5, 0.6) is 5.75 Å². The normalized spacial score (nSPS) is 12.4. The molecule has 2 aromatic rings. The first-order valence-corrected chi connectivity index (χ1v) is 6.37. The van der Waals surface area contributed by atoms with E-state index in [2.05, 4.69) is 10.5 Å². The highest BCUT2D eigenvalue weighted by Crippen LogP contribution is 2.17. The Bertz CT molecular complexity index is 529. The summed E-state index contributed by atoms with van der Waals surface area (Å²) in [6, 6.07) is 7.32. The summed E-state index contributed by atoms with van der Waals surface area (Å²) in [7, 11) is 1.89. The molecule has 102 valence electrons. The van der Waals surface area contributed by atoms with Crippen LogP contribution in [0, 0.1) is 0 Å². The minimum absolute atomic E-state index is 0.0168. The number of hydrogen-bond acceptors (Lipinski definition) is 4. The van der Waals surface area contributed by atoms with Crippen LogP contribution >= 0.6 is 11.6 Å². The number of hydrazine groups is 1. The summed E-state index contributed by atoms with van der Waals surface area (Å²) in [4.78, 5) is 0. The van der Waals surface area contributed by atoms with Crippen molar-refractivity contribution in [3.8, 4) is 5.75 Å². The number of nitrogens with one attached hydrogen (secondary N) is 1. The number of hydrogen-bond donors (Lipinski definition) is 2. The Kier molecular flexibility index (Phi) is 4.79. The number of nitrogens with two attached hydrogens (primary N) is 1. The van der Waals surface area contributed by atoms with Crippen molar-refractivity contribution < 1.29 is 4.74 Å². The zero-order valence-electron chi connectivity index (χ0n) is 10.7. The molecule has 6 heteroatoms. The van der Waals surface area contributed by atoms with Crippen molar-refractivity contribution in [3.63, 3.8) is 0 Å². The van der Waals surface area contributed by atoms with Crippen molar-refractivity contribution in [2.24, 2.45) is 12.9 Å². The summed E-state index contributed by atoms with van der Waals surface area (Å²) < 4.78 is 7.43. The number of nitrogens with zero attached hydrogens (tertiary/aromatic N) is 2. The van der Waals surface area contributed by atoms with Gasteiger partial charge in [-0.3, -0.25) is 16.0 Å². The van der Waals surface area contributed by atoms with Crippen molar-refractivity contribution in [3.05, 3.63) is 47.2 Å². The first-order valence-electron chi connectivity index (χ1n) is 5.99. The van der Waals surface area contributed by atoms with E-state index in [-0.39, 0.29) is 6.04 Å². The van der Waals surface area contributed by atoms with Gasteiger partial charge in [-0.1, -0.05) is 17.7 Å². The van der Waals surface area contributed by atoms with Crippen LogP contribution < -0.4 is 16.0 Å². The van der Waals surface area contributed by atoms with E-state index < -0.39 is 0 Å². The molecule has 2 rings (SSSR count). The highest BCUT2D eigenvalue weighted by atomic mass is 35.5. The lowest BCUT2D eigenvalue weighted by Crippen LogP contribution is -2.41. The van der Waals surface area contributed by atoms with Gasteiger partial charge in [0.25, 0.3) is 0 Å². The Balaban J connectivity index is 1.89. The van der Waals surface area contributed by atoms with Crippen LogP contribution in [-0.4, -0.2) is 22.4 Å². The second-order valence-corrected chi connectivity index (χ2v) is 4.79. The van der Waals surface area contributed by atoms with Crippen LogP contribution in [0.25, 0.3) is 0 Å². The van der Waals surface area contributed by atoms with Crippen molar-refractivity contribution in [2.45, 2.75) is 12.5 Å². The molecule has 0 aliphatic heterocycles. The lowest BCUT2D eigenvalue weighted by atomic mass is 10.1. The molecule has 0 saturated heterocycles. The Morgan fingerprint density at radius 1 is 1.53 bits per heavy atom. The molecule has 0 saturated carbocycles. The number of ether oxygens (including phenoxy) is 1. The number of aromatic nitrogens is 2. The van der Waals surface area contributed by atoms with Gasteiger partial charge < -0.3 is 4.74 Å². The zero-order chi connectivity index (χ0) is 13.7. The highest BCUT2D eigenvalue weighted by molar-refractivity contribution is 6.30. The minimum Gasteiger partial charge on any atom is -0.492 e. The van der Waals surface area contributed by atoms with Gasteiger partial charge in [0, 0.05) is 18.3 Å². The standard InChI is InChI=1S/C13H17ClN4O/c1-18-8-10(7-16-18)5-12(17-15)9-19-13-4-2-3-11(14)6-13/h2-4,6-8,12,17H,5,9,15H2,1H3. The molecule has 0 aliphatic rings. The average Bonchev–Trinajstić information content (AvgIpc) is 2.80. The van der Waals surface area contributed by atoms with E-state index in [1.54, 1.807) is 10.7 Å². The van der Waals surface area contributed by atoms with E-state index in [1.807, 2.05) is 37.6 Å². The topological polar surface area (TPSA) is 65.1 Å². The second-order valence-electron chi connectivity index (χ2n) is 4.36. The molecule has 5 nitrogen and oxygen atoms in total. The van der Waals surface area contributed by atoms with Crippen molar-refractivity contribution in [1.82, 2.24) is 15.2 Å². The highest BCUT2D eigenvalue weighted by Gasteiger charge is 2.10. The maximum atomic E-state index is 5.90. The molecule has 1 heterocycles. The molecular weight excluding hydrogens is 264 g/mol. The van der Waals surface area contributed by atoms with Gasteiger partial charge in [0.1, 0.15) is 12.4 Å². The van der Waals surface area contributed by atoms with Gasteiger partial charge >= 0.3 is 0 Å². The molecule has 0 bridgehead atoms. The Hall–Kier alpha value is -1.56. The van der Waals surface area contributed by atoms with Crippen LogP contribution in [0.3, 0.4) is 0 Å². The molecular formula is C13H17ClN4O. The molecule has 0 fully saturated rings. The van der Waals surface area contributed by atoms with Gasteiger partial charge in [-0.2, -0.15) is 5.10 Å². The molecule has 0 spiro atoms. The molecule has 0 amide bonds. The van der Waals surface area contributed by atoms with Gasteiger partial charge in [-0.15, -0.1) is 0 Å². The molecule has 0 aliphatic carbocycles. The third-order valence-corrected chi connectivity index (χ3v) is 2.96. The Morgan fingerprint density at radius 3 is 3.00 bits per heavy atom. The van der Waals surface area contributed by atoms with E-state index >= 15 is 0 Å². The van der Waals surface area contributed by atoms with Crippen LogP contribution in [0.15, 0.2) is 36.7 Å². The first-order chi connectivity index (χ1) is 9.17. The smallest absolute Gasteiger partial charge is 0.120 e. The SMILES string of the molecule is Cn1cc(CC(COc2cccc(Cl)c2)NN)cn1. The maximum absolute atomic E-state index is 5.90. The molecule has 3 N–H and O–H groups in total. The monoisotopic (exact) mass is 280 g/mol. The van der Waals surface area contributed by atoms with Crippen LogP contribution in [0.4, 0.5) is 0 Å². The summed E-state index contributed by atoms with van der Waals surface area (Å²) in [6.07, 6.45) is 4.54. The van der Waals surface area contributed by atoms with Gasteiger partial charge in [0.15, 0.2) is 0 Å². The third kappa shape index (κ3) is 4.24. The fraction of sp³-hybridized carbons (Fsp3) is 0.308. The summed E-state index contributed by atoms with van der Waals surface area (Å²) in [5.41, 5.74) is 3.86.